The van der Waals surface area contributed by atoms with E-state index in [1.54, 1.807) is 0 Å². The predicted octanol–water partition coefficient (Wildman–Crippen LogP) is 3.37. The van der Waals surface area contributed by atoms with Gasteiger partial charge >= 0.3 is 0 Å². The lowest BCUT2D eigenvalue weighted by molar-refractivity contribution is -0.127. The van der Waals surface area contributed by atoms with Crippen LogP contribution in [0.3, 0.4) is 0 Å². The van der Waals surface area contributed by atoms with Crippen LogP contribution in [-0.2, 0) is 9.53 Å². The van der Waals surface area contributed by atoms with E-state index in [4.69, 9.17) is 17.0 Å². The first-order valence-electron chi connectivity index (χ1n) is 7.19. The minimum atomic E-state index is 0.00386. The van der Waals surface area contributed by atoms with Crippen molar-refractivity contribution in [2.75, 3.05) is 5.32 Å². The molecular weight excluding hydrogens is 286 g/mol. The first-order valence-corrected chi connectivity index (χ1v) is 7.60. The highest BCUT2D eigenvalue weighted by Crippen LogP contribution is 2.26. The Morgan fingerprint density at radius 2 is 1.90 bits per heavy atom. The Labute approximate surface area is 128 Å². The summed E-state index contributed by atoms with van der Waals surface area (Å²) in [5.74, 6) is 0.0645. The molecule has 112 valence electrons. The van der Waals surface area contributed by atoms with Crippen LogP contribution in [0.15, 0.2) is 18.2 Å². The molecular formula is C15H19N3O2S. The van der Waals surface area contributed by atoms with Gasteiger partial charge in [0.1, 0.15) is 0 Å². The third-order valence-corrected chi connectivity index (χ3v) is 4.06. The number of H-pyrrole nitrogens is 2. The van der Waals surface area contributed by atoms with Gasteiger partial charge in [0.2, 0.25) is 5.91 Å². The summed E-state index contributed by atoms with van der Waals surface area (Å²) in [5.41, 5.74) is 2.61. The number of hydrogen-bond donors (Lipinski definition) is 3. The molecule has 3 rings (SSSR count). The highest BCUT2D eigenvalue weighted by atomic mass is 32.1. The summed E-state index contributed by atoms with van der Waals surface area (Å²) < 4.78 is 6.26. The van der Waals surface area contributed by atoms with Crippen molar-refractivity contribution in [3.8, 4) is 0 Å². The van der Waals surface area contributed by atoms with Crippen molar-refractivity contribution in [2.24, 2.45) is 5.92 Å². The maximum absolute atomic E-state index is 12.4. The number of imidazole rings is 1. The number of nitrogens with one attached hydrogen (secondary N) is 3. The van der Waals surface area contributed by atoms with Gasteiger partial charge in [-0.25, -0.2) is 0 Å². The van der Waals surface area contributed by atoms with E-state index in [0.29, 0.717) is 4.77 Å². The Hall–Kier alpha value is -1.66. The van der Waals surface area contributed by atoms with Gasteiger partial charge in [-0.2, -0.15) is 0 Å². The highest BCUT2D eigenvalue weighted by Gasteiger charge is 2.29. The Morgan fingerprint density at radius 1 is 1.24 bits per heavy atom. The van der Waals surface area contributed by atoms with Crippen molar-refractivity contribution in [3.05, 3.63) is 23.0 Å². The number of amides is 1. The zero-order valence-electron chi connectivity index (χ0n) is 12.1. The molecule has 2 unspecified atom stereocenters. The van der Waals surface area contributed by atoms with Gasteiger partial charge in [-0.3, -0.25) is 4.79 Å². The molecule has 2 atom stereocenters. The lowest BCUT2D eigenvalue weighted by atomic mass is 9.92. The smallest absolute Gasteiger partial charge is 0.227 e. The van der Waals surface area contributed by atoms with E-state index < -0.39 is 0 Å². The fraction of sp³-hybridized carbons (Fsp3) is 0.467. The number of aromatic amines is 2. The van der Waals surface area contributed by atoms with Crippen LogP contribution in [0.5, 0.6) is 0 Å². The number of carbonyl (C=O) groups excluding carboxylic acids is 1. The molecule has 1 aromatic carbocycles. The first kappa shape index (κ1) is 14.3. The Balaban J connectivity index is 1.74. The fourth-order valence-electron chi connectivity index (χ4n) is 2.97. The van der Waals surface area contributed by atoms with Crippen molar-refractivity contribution in [1.29, 1.82) is 0 Å². The van der Waals surface area contributed by atoms with Crippen LogP contribution in [0, 0.1) is 10.7 Å². The number of carbonyl (C=O) groups is 1. The fourth-order valence-corrected chi connectivity index (χ4v) is 3.19. The molecule has 5 nitrogen and oxygen atoms in total. The number of aromatic nitrogens is 2. The molecule has 0 saturated carbocycles. The summed E-state index contributed by atoms with van der Waals surface area (Å²) in [6.45, 7) is 4.03. The number of fused-ring (bicyclic) bond motifs is 1. The summed E-state index contributed by atoms with van der Waals surface area (Å²) in [4.78, 5) is 18.5. The van der Waals surface area contributed by atoms with Crippen molar-refractivity contribution in [3.63, 3.8) is 0 Å². The molecule has 1 fully saturated rings. The van der Waals surface area contributed by atoms with Crippen LogP contribution in [0.25, 0.3) is 11.0 Å². The van der Waals surface area contributed by atoms with Crippen LogP contribution in [0.2, 0.25) is 0 Å². The molecule has 2 heterocycles. The summed E-state index contributed by atoms with van der Waals surface area (Å²) in [7, 11) is 0. The second kappa shape index (κ2) is 5.61. The highest BCUT2D eigenvalue weighted by molar-refractivity contribution is 7.71. The Morgan fingerprint density at radius 3 is 2.62 bits per heavy atom. The summed E-state index contributed by atoms with van der Waals surface area (Å²) in [5, 5.41) is 2.99. The van der Waals surface area contributed by atoms with E-state index in [-0.39, 0.29) is 24.0 Å². The van der Waals surface area contributed by atoms with Gasteiger partial charge in [-0.05, 0) is 57.1 Å². The number of anilines is 1. The molecule has 0 aliphatic carbocycles. The third-order valence-electron chi connectivity index (χ3n) is 3.85. The minimum Gasteiger partial charge on any atom is -0.376 e. The zero-order chi connectivity index (χ0) is 15.0. The van der Waals surface area contributed by atoms with E-state index >= 15 is 0 Å². The van der Waals surface area contributed by atoms with Gasteiger partial charge < -0.3 is 20.0 Å². The molecule has 2 aromatic rings. The van der Waals surface area contributed by atoms with Crippen LogP contribution in [0.4, 0.5) is 5.69 Å². The molecule has 21 heavy (non-hydrogen) atoms. The molecule has 0 radical (unpaired) electrons. The van der Waals surface area contributed by atoms with Gasteiger partial charge in [0.25, 0.3) is 0 Å². The minimum absolute atomic E-state index is 0.00386. The van der Waals surface area contributed by atoms with Crippen LogP contribution in [-0.4, -0.2) is 28.1 Å². The largest absolute Gasteiger partial charge is 0.376 e. The zero-order valence-corrected chi connectivity index (χ0v) is 12.9. The van der Waals surface area contributed by atoms with E-state index in [2.05, 4.69) is 15.3 Å². The van der Waals surface area contributed by atoms with Gasteiger partial charge in [-0.1, -0.05) is 0 Å². The molecule has 6 heteroatoms. The second-order valence-corrected chi connectivity index (χ2v) is 6.16. The summed E-state index contributed by atoms with van der Waals surface area (Å²) >= 11 is 5.06. The average Bonchev–Trinajstić information content (AvgIpc) is 2.77. The van der Waals surface area contributed by atoms with Gasteiger partial charge in [0.05, 0.1) is 23.2 Å². The van der Waals surface area contributed by atoms with Gasteiger partial charge in [-0.15, -0.1) is 0 Å². The van der Waals surface area contributed by atoms with Crippen LogP contribution in [0.1, 0.15) is 26.7 Å². The van der Waals surface area contributed by atoms with Crippen molar-refractivity contribution < 1.29 is 9.53 Å². The van der Waals surface area contributed by atoms with E-state index in [9.17, 15) is 4.79 Å². The molecule has 0 bridgehead atoms. The molecule has 1 aliphatic rings. The molecule has 1 aliphatic heterocycles. The first-order chi connectivity index (χ1) is 10.0. The Kier molecular flexibility index (Phi) is 3.82. The Bertz CT molecular complexity index is 711. The van der Waals surface area contributed by atoms with Crippen molar-refractivity contribution >= 4 is 34.8 Å². The van der Waals surface area contributed by atoms with Crippen LogP contribution < -0.4 is 5.32 Å². The van der Waals surface area contributed by atoms with Crippen molar-refractivity contribution in [2.45, 2.75) is 38.9 Å². The van der Waals surface area contributed by atoms with E-state index in [1.807, 2.05) is 32.0 Å². The normalized spacial score (nSPS) is 25.9. The topological polar surface area (TPSA) is 69.9 Å². The number of benzene rings is 1. The molecule has 1 amide bonds. The number of hydrogen-bond acceptors (Lipinski definition) is 3. The van der Waals surface area contributed by atoms with E-state index in [1.165, 1.54) is 0 Å². The average molecular weight is 305 g/mol. The molecule has 3 N–H and O–H groups in total. The molecule has 1 saturated heterocycles. The lowest BCUT2D eigenvalue weighted by Gasteiger charge is -2.31. The second-order valence-electron chi connectivity index (χ2n) is 5.75. The number of ether oxygens (including phenoxy) is 1. The summed E-state index contributed by atoms with van der Waals surface area (Å²) in [6.07, 6.45) is 1.80. The molecule has 1 aromatic heterocycles. The maximum atomic E-state index is 12.4. The standard InChI is InChI=1S/C15H19N3O2S/c1-8-5-10(6-9(2)20-8)14(19)16-11-3-4-12-13(7-11)18-15(21)17-12/h3-4,7-10H,5-6H2,1-2H3,(H,16,19)(H2,17,18,21). The van der Waals surface area contributed by atoms with Crippen molar-refractivity contribution in [1.82, 2.24) is 9.97 Å². The lowest BCUT2D eigenvalue weighted by Crippen LogP contribution is -2.36. The third kappa shape index (κ3) is 3.16. The quantitative estimate of drug-likeness (QED) is 0.745. The number of rotatable bonds is 2. The van der Waals surface area contributed by atoms with E-state index in [0.717, 1.165) is 29.6 Å². The molecule has 0 spiro atoms. The predicted molar refractivity (Wildman–Crippen MR) is 84.8 cm³/mol. The van der Waals surface area contributed by atoms with Crippen LogP contribution >= 0.6 is 12.2 Å². The van der Waals surface area contributed by atoms with Gasteiger partial charge in [0, 0.05) is 11.6 Å². The SMILES string of the molecule is CC1CC(C(=O)Nc2ccc3[nH]c(=S)[nH]c3c2)CC(C)O1. The van der Waals surface area contributed by atoms with Gasteiger partial charge in [0.15, 0.2) is 4.77 Å². The summed E-state index contributed by atoms with van der Waals surface area (Å²) in [6, 6.07) is 5.68. The maximum Gasteiger partial charge on any atom is 0.227 e. The monoisotopic (exact) mass is 305 g/mol.